The van der Waals surface area contributed by atoms with Crippen LogP contribution in [-0.4, -0.2) is 26.2 Å². The van der Waals surface area contributed by atoms with E-state index in [0.29, 0.717) is 26.5 Å². The Bertz CT molecular complexity index is 1670. The van der Waals surface area contributed by atoms with E-state index in [-0.39, 0.29) is 0 Å². The van der Waals surface area contributed by atoms with Crippen LogP contribution in [0.3, 0.4) is 0 Å². The SMILES string of the molecule is CC.CC.CC.CCCC.CCCC(OC)OCC(F)(F)F.Cc1ccc(Cl)cc1.Cc1ccc(Cl)cc1Cl.Cc1ccc(Cl)cc1Cl.Cc1ccc(Cl)cc1Cl.Cc1ccc(Cl)cc1Cl. The lowest BCUT2D eigenvalue weighted by Crippen LogP contribution is -2.24. The molecule has 0 aliphatic rings. The standard InChI is InChI=1S/4C7H6Cl2.C7H7Cl.C7H13F3O2.C4H10.3C2H6/c4*1-5-2-3-6(8)4-7(5)9;1-6-2-4-7(8)5-3-6;1-3-4-6(11-2)12-5-7(8,9)10;1-3-4-2;3*1-2/h4*2-4H,1H3;2-5H,1H3;6H,3-5H2,1-2H3;3-4H2,1-2H3;3*1-2H3. The normalized spacial score (nSPS) is 9.80. The molecule has 0 amide bonds. The van der Waals surface area contributed by atoms with Gasteiger partial charge in [-0.15, -0.1) is 0 Å². The maximum Gasteiger partial charge on any atom is 0.411 e. The van der Waals surface area contributed by atoms with Crippen LogP contribution in [0, 0.1) is 34.6 Å². The van der Waals surface area contributed by atoms with Gasteiger partial charge in [0.05, 0.1) is 0 Å². The number of rotatable bonds is 6. The third-order valence-corrected chi connectivity index (χ3v) is 10.1. The van der Waals surface area contributed by atoms with Gasteiger partial charge >= 0.3 is 6.18 Å². The summed E-state index contributed by atoms with van der Waals surface area (Å²) in [5.74, 6) is 0. The first-order valence-electron chi connectivity index (χ1n) is 21.6. The average molecular weight is 1110 g/mol. The van der Waals surface area contributed by atoms with E-state index < -0.39 is 19.1 Å². The van der Waals surface area contributed by atoms with E-state index in [1.807, 2.05) is 156 Å². The first-order chi connectivity index (χ1) is 31.0. The molecule has 0 saturated heterocycles. The maximum absolute atomic E-state index is 11.6. The molecular formula is C52H72Cl9F3O2. The lowest BCUT2D eigenvalue weighted by molar-refractivity contribution is -0.224. The molecule has 5 aromatic carbocycles. The van der Waals surface area contributed by atoms with Crippen LogP contribution in [-0.2, 0) is 9.47 Å². The molecule has 5 rings (SSSR count). The predicted molar refractivity (Wildman–Crippen MR) is 293 cm³/mol. The lowest BCUT2D eigenvalue weighted by Gasteiger charge is -2.16. The van der Waals surface area contributed by atoms with Crippen molar-refractivity contribution in [1.29, 1.82) is 0 Å². The third kappa shape index (κ3) is 44.9. The molecule has 0 fully saturated rings. The Labute approximate surface area is 442 Å². The summed E-state index contributed by atoms with van der Waals surface area (Å²) in [5, 5.41) is 6.44. The van der Waals surface area contributed by atoms with Gasteiger partial charge in [-0.05, 0) is 124 Å². The van der Waals surface area contributed by atoms with Crippen LogP contribution < -0.4 is 0 Å². The van der Waals surface area contributed by atoms with E-state index in [4.69, 9.17) is 104 Å². The van der Waals surface area contributed by atoms with Gasteiger partial charge < -0.3 is 9.47 Å². The Hall–Kier alpha value is -1.58. The van der Waals surface area contributed by atoms with Crippen LogP contribution >= 0.6 is 104 Å². The Morgan fingerprint density at radius 2 is 0.682 bits per heavy atom. The highest BCUT2D eigenvalue weighted by Crippen LogP contribution is 2.22. The number of alkyl halides is 3. The first kappa shape index (κ1) is 73.4. The maximum atomic E-state index is 11.6. The molecule has 2 nitrogen and oxygen atoms in total. The number of hydrogen-bond donors (Lipinski definition) is 0. The summed E-state index contributed by atoms with van der Waals surface area (Å²) in [4.78, 5) is 0. The Kier molecular flexibility index (Phi) is 52.4. The second-order valence-electron chi connectivity index (χ2n) is 12.7. The molecule has 0 saturated carbocycles. The zero-order valence-electron chi connectivity index (χ0n) is 41.2. The molecule has 5 aromatic rings. The number of hydrogen-bond acceptors (Lipinski definition) is 2. The number of unbranched alkanes of at least 4 members (excludes halogenated alkanes) is 1. The van der Waals surface area contributed by atoms with Crippen LogP contribution in [0.1, 0.15) is 116 Å². The van der Waals surface area contributed by atoms with Crippen LogP contribution in [0.2, 0.25) is 45.2 Å². The summed E-state index contributed by atoms with van der Waals surface area (Å²) >= 11 is 51.1. The van der Waals surface area contributed by atoms with Crippen molar-refractivity contribution in [1.82, 2.24) is 0 Å². The summed E-state index contributed by atoms with van der Waals surface area (Å²) in [5.41, 5.74) is 5.47. The van der Waals surface area contributed by atoms with Crippen molar-refractivity contribution >= 4 is 104 Å². The topological polar surface area (TPSA) is 18.5 Å². The van der Waals surface area contributed by atoms with Gasteiger partial charge in [-0.3, -0.25) is 0 Å². The van der Waals surface area contributed by atoms with E-state index >= 15 is 0 Å². The Balaban J connectivity index is -0.000000217. The van der Waals surface area contributed by atoms with Crippen LogP contribution in [0.25, 0.3) is 0 Å². The Morgan fingerprint density at radius 1 is 0.424 bits per heavy atom. The molecule has 66 heavy (non-hydrogen) atoms. The van der Waals surface area contributed by atoms with E-state index in [2.05, 4.69) is 23.3 Å². The van der Waals surface area contributed by atoms with Crippen LogP contribution in [0.15, 0.2) is 97.1 Å². The minimum atomic E-state index is -4.27. The number of benzene rings is 5. The number of methoxy groups -OCH3 is 1. The van der Waals surface area contributed by atoms with Gasteiger partial charge in [0.2, 0.25) is 0 Å². The zero-order chi connectivity index (χ0) is 52.4. The van der Waals surface area contributed by atoms with E-state index in [1.165, 1.54) is 25.5 Å². The monoisotopic (exact) mass is 1100 g/mol. The molecule has 0 aliphatic heterocycles. The lowest BCUT2D eigenvalue weighted by atomic mass is 10.2. The average Bonchev–Trinajstić information content (AvgIpc) is 3.29. The largest absolute Gasteiger partial charge is 0.411 e. The van der Waals surface area contributed by atoms with Crippen molar-refractivity contribution in [2.75, 3.05) is 13.7 Å². The minimum absolute atomic E-state index is 0.479. The molecule has 0 heterocycles. The van der Waals surface area contributed by atoms with Gasteiger partial charge in [-0.25, -0.2) is 0 Å². The number of halogens is 12. The van der Waals surface area contributed by atoms with Gasteiger partial charge in [0, 0.05) is 52.3 Å². The second-order valence-corrected chi connectivity index (χ2v) is 16.6. The molecular weight excluding hydrogens is 1030 g/mol. The zero-order valence-corrected chi connectivity index (χ0v) is 48.0. The fraction of sp³-hybridized carbons (Fsp3) is 0.423. The summed E-state index contributed by atoms with van der Waals surface area (Å²) < 4.78 is 43.9. The molecule has 1 atom stereocenters. The first-order valence-corrected chi connectivity index (χ1v) is 25.0. The predicted octanol–water partition coefficient (Wildman–Crippen LogP) is 23.1. The van der Waals surface area contributed by atoms with Crippen LogP contribution in [0.5, 0.6) is 0 Å². The minimum Gasteiger partial charge on any atom is -0.356 e. The smallest absolute Gasteiger partial charge is 0.356 e. The summed E-state index contributed by atoms with van der Waals surface area (Å²) in [6.45, 7) is 26.8. The molecule has 0 radical (unpaired) electrons. The van der Waals surface area contributed by atoms with E-state index in [1.54, 1.807) is 24.3 Å². The highest BCUT2D eigenvalue weighted by Gasteiger charge is 2.29. The second kappa shape index (κ2) is 47.1. The van der Waals surface area contributed by atoms with E-state index in [9.17, 15) is 13.2 Å². The highest BCUT2D eigenvalue weighted by atomic mass is 35.5. The quantitative estimate of drug-likeness (QED) is 0.158. The molecule has 14 heteroatoms. The Morgan fingerprint density at radius 3 is 0.848 bits per heavy atom. The molecule has 0 aliphatic carbocycles. The highest BCUT2D eigenvalue weighted by molar-refractivity contribution is 6.36. The van der Waals surface area contributed by atoms with Crippen LogP contribution in [0.4, 0.5) is 13.2 Å². The third-order valence-electron chi connectivity index (χ3n) is 7.27. The molecule has 0 N–H and O–H groups in total. The molecule has 1 unspecified atom stereocenters. The van der Waals surface area contributed by atoms with Gasteiger partial charge in [-0.1, -0.05) is 228 Å². The fourth-order valence-electron chi connectivity index (χ4n) is 3.49. The number of ether oxygens (including phenoxy) is 2. The van der Waals surface area contributed by atoms with Gasteiger partial charge in [0.25, 0.3) is 0 Å². The van der Waals surface area contributed by atoms with Crippen molar-refractivity contribution in [2.45, 2.75) is 135 Å². The van der Waals surface area contributed by atoms with Gasteiger partial charge in [0.1, 0.15) is 6.61 Å². The summed E-state index contributed by atoms with van der Waals surface area (Å²) in [7, 11) is 1.33. The molecule has 0 aromatic heterocycles. The summed E-state index contributed by atoms with van der Waals surface area (Å²) in [6.07, 6.45) is -1.16. The van der Waals surface area contributed by atoms with E-state index in [0.717, 1.165) is 53.8 Å². The molecule has 0 spiro atoms. The number of aryl methyl sites for hydroxylation is 5. The van der Waals surface area contributed by atoms with Gasteiger partial charge in [0.15, 0.2) is 6.29 Å². The van der Waals surface area contributed by atoms with Crippen molar-refractivity contribution in [3.63, 3.8) is 0 Å². The molecule has 0 bridgehead atoms. The van der Waals surface area contributed by atoms with Crippen molar-refractivity contribution in [3.8, 4) is 0 Å². The molecule has 376 valence electrons. The van der Waals surface area contributed by atoms with Crippen molar-refractivity contribution in [2.24, 2.45) is 0 Å². The fourth-order valence-corrected chi connectivity index (χ4v) is 5.25. The van der Waals surface area contributed by atoms with Crippen molar-refractivity contribution in [3.05, 3.63) is 170 Å². The summed E-state index contributed by atoms with van der Waals surface area (Å²) in [6, 6.07) is 29.5. The van der Waals surface area contributed by atoms with Gasteiger partial charge in [-0.2, -0.15) is 13.2 Å². The van der Waals surface area contributed by atoms with Crippen molar-refractivity contribution < 1.29 is 22.6 Å².